The SMILES string of the molecule is CC(C)CCC(C)Nc1cc(Cl)c(Cl)cc1[N+](=O)[O-]. The summed E-state index contributed by atoms with van der Waals surface area (Å²) in [6, 6.07) is 2.92. The topological polar surface area (TPSA) is 55.2 Å². The summed E-state index contributed by atoms with van der Waals surface area (Å²) in [5.74, 6) is 0.605. The first kappa shape index (κ1) is 16.1. The lowest BCUT2D eigenvalue weighted by Crippen LogP contribution is -2.16. The molecule has 0 heterocycles. The fourth-order valence-corrected chi connectivity index (χ4v) is 2.05. The van der Waals surface area contributed by atoms with Crippen LogP contribution in [0.5, 0.6) is 0 Å². The minimum absolute atomic E-state index is 0.0502. The maximum absolute atomic E-state index is 11.0. The molecule has 0 aliphatic heterocycles. The third-order valence-corrected chi connectivity index (χ3v) is 3.54. The predicted octanol–water partition coefficient (Wildman–Crippen LogP) is 5.14. The minimum atomic E-state index is -0.459. The van der Waals surface area contributed by atoms with Gasteiger partial charge in [0.05, 0.1) is 15.0 Å². The van der Waals surface area contributed by atoms with E-state index < -0.39 is 4.92 Å². The van der Waals surface area contributed by atoms with Crippen molar-refractivity contribution in [1.29, 1.82) is 0 Å². The molecule has 1 aromatic rings. The smallest absolute Gasteiger partial charge is 0.293 e. The summed E-state index contributed by atoms with van der Waals surface area (Å²) in [7, 11) is 0. The summed E-state index contributed by atoms with van der Waals surface area (Å²) in [6.45, 7) is 6.29. The third kappa shape index (κ3) is 4.88. The third-order valence-electron chi connectivity index (χ3n) is 2.81. The van der Waals surface area contributed by atoms with Gasteiger partial charge in [-0.15, -0.1) is 0 Å². The fraction of sp³-hybridized carbons (Fsp3) is 0.538. The van der Waals surface area contributed by atoms with Gasteiger partial charge >= 0.3 is 0 Å². The summed E-state index contributed by atoms with van der Waals surface area (Å²) < 4.78 is 0. The number of nitro groups is 1. The number of anilines is 1. The van der Waals surface area contributed by atoms with E-state index in [9.17, 15) is 10.1 Å². The molecular weight excluding hydrogens is 287 g/mol. The molecule has 0 fully saturated rings. The Labute approximate surface area is 123 Å². The molecule has 0 spiro atoms. The van der Waals surface area contributed by atoms with Crippen LogP contribution in [0.25, 0.3) is 0 Å². The summed E-state index contributed by atoms with van der Waals surface area (Å²) in [5, 5.41) is 14.6. The Morgan fingerprint density at radius 3 is 2.32 bits per heavy atom. The van der Waals surface area contributed by atoms with Crippen molar-refractivity contribution in [2.45, 2.75) is 39.7 Å². The number of benzene rings is 1. The van der Waals surface area contributed by atoms with Crippen LogP contribution < -0.4 is 5.32 Å². The number of nitrogens with zero attached hydrogens (tertiary/aromatic N) is 1. The zero-order chi connectivity index (χ0) is 14.6. The standard InChI is InChI=1S/C13H18Cl2N2O2/c1-8(2)4-5-9(3)16-12-6-10(14)11(15)7-13(12)17(18)19/h6-9,16H,4-5H2,1-3H3. The molecular formula is C13H18Cl2N2O2. The average Bonchev–Trinajstić information content (AvgIpc) is 2.30. The van der Waals surface area contributed by atoms with Crippen LogP contribution in [0.15, 0.2) is 12.1 Å². The second kappa shape index (κ2) is 6.96. The Morgan fingerprint density at radius 1 is 1.21 bits per heavy atom. The molecule has 0 saturated heterocycles. The van der Waals surface area contributed by atoms with Crippen LogP contribution in [0.3, 0.4) is 0 Å². The van der Waals surface area contributed by atoms with Gasteiger partial charge in [0.2, 0.25) is 0 Å². The van der Waals surface area contributed by atoms with Gasteiger partial charge in [-0.05, 0) is 31.7 Å². The van der Waals surface area contributed by atoms with Crippen molar-refractivity contribution >= 4 is 34.6 Å². The van der Waals surface area contributed by atoms with Crippen molar-refractivity contribution in [3.05, 3.63) is 32.3 Å². The predicted molar refractivity (Wildman–Crippen MR) is 80.3 cm³/mol. The van der Waals surface area contributed by atoms with Crippen LogP contribution >= 0.6 is 23.2 Å². The maximum atomic E-state index is 11.0. The van der Waals surface area contributed by atoms with Gasteiger partial charge in [-0.25, -0.2) is 0 Å². The van der Waals surface area contributed by atoms with Crippen molar-refractivity contribution in [2.24, 2.45) is 5.92 Å². The molecule has 19 heavy (non-hydrogen) atoms. The Kier molecular flexibility index (Phi) is 5.88. The Morgan fingerprint density at radius 2 is 1.79 bits per heavy atom. The van der Waals surface area contributed by atoms with E-state index in [0.717, 1.165) is 12.8 Å². The number of halogens is 2. The lowest BCUT2D eigenvalue weighted by Gasteiger charge is -2.16. The summed E-state index contributed by atoms with van der Waals surface area (Å²) in [6.07, 6.45) is 2.00. The van der Waals surface area contributed by atoms with Crippen LogP contribution in [0, 0.1) is 16.0 Å². The van der Waals surface area contributed by atoms with Crippen molar-refractivity contribution in [2.75, 3.05) is 5.32 Å². The monoisotopic (exact) mass is 304 g/mol. The number of rotatable bonds is 6. The first-order valence-electron chi connectivity index (χ1n) is 6.21. The quantitative estimate of drug-likeness (QED) is 0.585. The molecule has 1 aromatic carbocycles. The molecule has 4 nitrogen and oxygen atoms in total. The molecule has 0 aromatic heterocycles. The zero-order valence-electron chi connectivity index (χ0n) is 11.2. The average molecular weight is 305 g/mol. The number of nitro benzene ring substituents is 1. The molecule has 0 bridgehead atoms. The molecule has 1 rings (SSSR count). The highest BCUT2D eigenvalue weighted by molar-refractivity contribution is 6.42. The van der Waals surface area contributed by atoms with Gasteiger partial charge in [-0.1, -0.05) is 37.0 Å². The fourth-order valence-electron chi connectivity index (χ4n) is 1.72. The van der Waals surface area contributed by atoms with Crippen LogP contribution in [0.4, 0.5) is 11.4 Å². The lowest BCUT2D eigenvalue weighted by molar-refractivity contribution is -0.384. The van der Waals surface area contributed by atoms with Crippen LogP contribution in [0.2, 0.25) is 10.0 Å². The first-order chi connectivity index (χ1) is 8.81. The van der Waals surface area contributed by atoms with E-state index in [2.05, 4.69) is 19.2 Å². The van der Waals surface area contributed by atoms with E-state index in [1.807, 2.05) is 6.92 Å². The van der Waals surface area contributed by atoms with E-state index >= 15 is 0 Å². The van der Waals surface area contributed by atoms with Crippen molar-refractivity contribution < 1.29 is 4.92 Å². The molecule has 1 unspecified atom stereocenters. The first-order valence-corrected chi connectivity index (χ1v) is 6.96. The molecule has 0 saturated carbocycles. The minimum Gasteiger partial charge on any atom is -0.377 e. The van der Waals surface area contributed by atoms with Gasteiger partial charge in [0.1, 0.15) is 5.69 Å². The van der Waals surface area contributed by atoms with Crippen molar-refractivity contribution in [3.63, 3.8) is 0 Å². The molecule has 0 aliphatic carbocycles. The van der Waals surface area contributed by atoms with Crippen molar-refractivity contribution in [3.8, 4) is 0 Å². The van der Waals surface area contributed by atoms with E-state index in [4.69, 9.17) is 23.2 Å². The normalized spacial score (nSPS) is 12.5. The number of hydrogen-bond donors (Lipinski definition) is 1. The van der Waals surface area contributed by atoms with Gasteiger partial charge < -0.3 is 5.32 Å². The van der Waals surface area contributed by atoms with E-state index in [1.165, 1.54) is 12.1 Å². The highest BCUT2D eigenvalue weighted by Crippen LogP contribution is 2.34. The van der Waals surface area contributed by atoms with Crippen LogP contribution in [-0.4, -0.2) is 11.0 Å². The molecule has 6 heteroatoms. The Balaban J connectivity index is 2.87. The van der Waals surface area contributed by atoms with Gasteiger partial charge in [-0.2, -0.15) is 0 Å². The van der Waals surface area contributed by atoms with Crippen molar-refractivity contribution in [1.82, 2.24) is 0 Å². The van der Waals surface area contributed by atoms with E-state index in [1.54, 1.807) is 0 Å². The second-order valence-corrected chi connectivity index (χ2v) is 5.87. The second-order valence-electron chi connectivity index (χ2n) is 5.06. The molecule has 0 radical (unpaired) electrons. The highest BCUT2D eigenvalue weighted by Gasteiger charge is 2.18. The number of nitrogens with one attached hydrogen (secondary N) is 1. The molecule has 1 atom stereocenters. The lowest BCUT2D eigenvalue weighted by atomic mass is 10.0. The van der Waals surface area contributed by atoms with Gasteiger partial charge in [-0.3, -0.25) is 10.1 Å². The largest absolute Gasteiger partial charge is 0.377 e. The van der Waals surface area contributed by atoms with E-state index in [-0.39, 0.29) is 16.8 Å². The maximum Gasteiger partial charge on any atom is 0.293 e. The Hall–Kier alpha value is -1.00. The van der Waals surface area contributed by atoms with E-state index in [0.29, 0.717) is 16.6 Å². The van der Waals surface area contributed by atoms with Gasteiger partial charge in [0.15, 0.2) is 0 Å². The zero-order valence-corrected chi connectivity index (χ0v) is 12.8. The molecule has 106 valence electrons. The van der Waals surface area contributed by atoms with Crippen LogP contribution in [-0.2, 0) is 0 Å². The molecule has 1 N–H and O–H groups in total. The summed E-state index contributed by atoms with van der Waals surface area (Å²) in [4.78, 5) is 10.5. The van der Waals surface area contributed by atoms with Gasteiger partial charge in [0.25, 0.3) is 5.69 Å². The Bertz CT molecular complexity index is 464. The summed E-state index contributed by atoms with van der Waals surface area (Å²) in [5.41, 5.74) is 0.362. The number of hydrogen-bond acceptors (Lipinski definition) is 3. The highest BCUT2D eigenvalue weighted by atomic mass is 35.5. The summed E-state index contributed by atoms with van der Waals surface area (Å²) >= 11 is 11.7. The van der Waals surface area contributed by atoms with Gasteiger partial charge in [0, 0.05) is 12.1 Å². The van der Waals surface area contributed by atoms with Crippen LogP contribution in [0.1, 0.15) is 33.6 Å². The molecule has 0 aliphatic rings. The molecule has 0 amide bonds.